The molecule has 0 bridgehead atoms. The summed E-state index contributed by atoms with van der Waals surface area (Å²) in [5.74, 6) is 1.03. The van der Waals surface area contributed by atoms with Crippen LogP contribution in [0.25, 0.3) is 0 Å². The van der Waals surface area contributed by atoms with Crippen molar-refractivity contribution in [3.8, 4) is 0 Å². The monoisotopic (exact) mass is 368 g/mol. The Kier molecular flexibility index (Phi) is 9.18. The molecule has 7 nitrogen and oxygen atoms in total. The molecular weight excluding hydrogens is 332 g/mol. The minimum Gasteiger partial charge on any atom is -0.376 e. The summed E-state index contributed by atoms with van der Waals surface area (Å²) in [7, 11) is 0. The molecule has 0 aromatic rings. The average molecular weight is 369 g/mol. The van der Waals surface area contributed by atoms with Gasteiger partial charge in [-0.1, -0.05) is 13.8 Å². The highest BCUT2D eigenvalue weighted by molar-refractivity contribution is 5.80. The maximum atomic E-state index is 11.6. The topological polar surface area (TPSA) is 75.2 Å². The molecular formula is C19H36N4O3. The van der Waals surface area contributed by atoms with Crippen LogP contribution in [0.15, 0.2) is 4.99 Å². The lowest BCUT2D eigenvalue weighted by molar-refractivity contribution is -0.123. The number of nitrogens with one attached hydrogen (secondary N) is 2. The summed E-state index contributed by atoms with van der Waals surface area (Å²) >= 11 is 0. The van der Waals surface area contributed by atoms with Crippen LogP contribution in [0.2, 0.25) is 0 Å². The normalized spacial score (nSPS) is 22.1. The van der Waals surface area contributed by atoms with Crippen molar-refractivity contribution >= 4 is 11.9 Å². The minimum atomic E-state index is 0.0147. The molecule has 2 rings (SSSR count). The largest absolute Gasteiger partial charge is 0.376 e. The van der Waals surface area contributed by atoms with Gasteiger partial charge in [-0.05, 0) is 32.6 Å². The number of rotatable bonds is 8. The molecule has 2 heterocycles. The maximum Gasteiger partial charge on any atom is 0.222 e. The van der Waals surface area contributed by atoms with Gasteiger partial charge in [-0.15, -0.1) is 0 Å². The zero-order valence-corrected chi connectivity index (χ0v) is 16.6. The third kappa shape index (κ3) is 7.11. The fraction of sp³-hybridized carbons (Fsp3) is 0.895. The standard InChI is InChI=1S/C19H36N4O3/c1-4-20-19(22-10-9-21-18(24)15(2)3)23-11-7-16(8-12-23)26-14-17-6-5-13-25-17/h15-17H,4-14H2,1-3H3,(H,20,22)(H,21,24). The Morgan fingerprint density at radius 3 is 2.65 bits per heavy atom. The van der Waals surface area contributed by atoms with Gasteiger partial charge in [0.1, 0.15) is 0 Å². The zero-order valence-electron chi connectivity index (χ0n) is 16.6. The van der Waals surface area contributed by atoms with E-state index in [1.54, 1.807) is 0 Å². The Morgan fingerprint density at radius 1 is 1.27 bits per heavy atom. The van der Waals surface area contributed by atoms with E-state index in [0.717, 1.165) is 64.5 Å². The number of aliphatic imine (C=N–C) groups is 1. The molecule has 2 fully saturated rings. The van der Waals surface area contributed by atoms with E-state index in [1.807, 2.05) is 13.8 Å². The number of nitrogens with zero attached hydrogens (tertiary/aromatic N) is 2. The molecule has 0 aliphatic carbocycles. The van der Waals surface area contributed by atoms with Gasteiger partial charge in [0.2, 0.25) is 5.91 Å². The Hall–Kier alpha value is -1.34. The first kappa shape index (κ1) is 21.0. The van der Waals surface area contributed by atoms with Crippen molar-refractivity contribution in [1.29, 1.82) is 0 Å². The van der Waals surface area contributed by atoms with Gasteiger partial charge < -0.3 is 25.0 Å². The fourth-order valence-electron chi connectivity index (χ4n) is 3.22. The summed E-state index contributed by atoms with van der Waals surface area (Å²) < 4.78 is 11.7. The molecule has 150 valence electrons. The third-order valence-corrected chi connectivity index (χ3v) is 4.82. The number of carbonyl (C=O) groups is 1. The van der Waals surface area contributed by atoms with Gasteiger partial charge in [-0.3, -0.25) is 9.79 Å². The number of likely N-dealkylation sites (tertiary alicyclic amines) is 1. The molecule has 1 amide bonds. The van der Waals surface area contributed by atoms with Crippen LogP contribution < -0.4 is 10.6 Å². The van der Waals surface area contributed by atoms with Crippen LogP contribution in [-0.2, 0) is 14.3 Å². The van der Waals surface area contributed by atoms with Crippen molar-refractivity contribution in [3.63, 3.8) is 0 Å². The summed E-state index contributed by atoms with van der Waals surface area (Å²) in [4.78, 5) is 18.5. The number of hydrogen-bond donors (Lipinski definition) is 2. The number of piperidine rings is 1. The van der Waals surface area contributed by atoms with E-state index in [4.69, 9.17) is 9.47 Å². The lowest BCUT2D eigenvalue weighted by Crippen LogP contribution is -2.47. The lowest BCUT2D eigenvalue weighted by atomic mass is 10.1. The van der Waals surface area contributed by atoms with Crippen LogP contribution in [0.4, 0.5) is 0 Å². The van der Waals surface area contributed by atoms with Gasteiger partial charge in [-0.2, -0.15) is 0 Å². The van der Waals surface area contributed by atoms with Crippen molar-refractivity contribution < 1.29 is 14.3 Å². The highest BCUT2D eigenvalue weighted by Crippen LogP contribution is 2.17. The third-order valence-electron chi connectivity index (χ3n) is 4.82. The average Bonchev–Trinajstić information content (AvgIpc) is 3.16. The second-order valence-electron chi connectivity index (χ2n) is 7.34. The van der Waals surface area contributed by atoms with Crippen molar-refractivity contribution in [3.05, 3.63) is 0 Å². The number of ether oxygens (including phenoxy) is 2. The summed E-state index contributed by atoms with van der Waals surface area (Å²) in [6, 6.07) is 0. The van der Waals surface area contributed by atoms with Crippen LogP contribution in [0.3, 0.4) is 0 Å². The maximum absolute atomic E-state index is 11.6. The first-order chi connectivity index (χ1) is 12.6. The van der Waals surface area contributed by atoms with Gasteiger partial charge in [-0.25, -0.2) is 0 Å². The molecule has 0 aromatic heterocycles. The molecule has 2 aliphatic rings. The first-order valence-electron chi connectivity index (χ1n) is 10.1. The highest BCUT2D eigenvalue weighted by Gasteiger charge is 2.24. The SMILES string of the molecule is CCNC(=NCCNC(=O)C(C)C)N1CCC(OCC2CCCO2)CC1. The Morgan fingerprint density at radius 2 is 2.04 bits per heavy atom. The van der Waals surface area contributed by atoms with Gasteiger partial charge in [0.05, 0.1) is 25.4 Å². The summed E-state index contributed by atoms with van der Waals surface area (Å²) in [5.41, 5.74) is 0. The molecule has 2 N–H and O–H groups in total. The van der Waals surface area contributed by atoms with E-state index in [-0.39, 0.29) is 11.8 Å². The summed E-state index contributed by atoms with van der Waals surface area (Å²) in [6.07, 6.45) is 4.94. The molecule has 0 aromatic carbocycles. The Labute approximate surface area is 157 Å². The number of carbonyl (C=O) groups excluding carboxylic acids is 1. The number of guanidine groups is 1. The van der Waals surface area contributed by atoms with Crippen molar-refractivity contribution in [2.24, 2.45) is 10.9 Å². The van der Waals surface area contributed by atoms with E-state index in [9.17, 15) is 4.79 Å². The second kappa shape index (κ2) is 11.4. The van der Waals surface area contributed by atoms with Gasteiger partial charge >= 0.3 is 0 Å². The number of hydrogen-bond acceptors (Lipinski definition) is 4. The summed E-state index contributed by atoms with van der Waals surface area (Å²) in [6.45, 7) is 11.4. The predicted octanol–water partition coefficient (Wildman–Crippen LogP) is 1.38. The van der Waals surface area contributed by atoms with Gasteiger partial charge in [0.25, 0.3) is 0 Å². The zero-order chi connectivity index (χ0) is 18.8. The molecule has 1 atom stereocenters. The molecule has 0 spiro atoms. The van der Waals surface area contributed by atoms with E-state index < -0.39 is 0 Å². The van der Waals surface area contributed by atoms with Crippen LogP contribution in [0.5, 0.6) is 0 Å². The van der Waals surface area contributed by atoms with E-state index in [0.29, 0.717) is 25.3 Å². The summed E-state index contributed by atoms with van der Waals surface area (Å²) in [5, 5.41) is 6.27. The molecule has 0 saturated carbocycles. The van der Waals surface area contributed by atoms with Crippen LogP contribution in [0.1, 0.15) is 46.5 Å². The first-order valence-corrected chi connectivity index (χ1v) is 10.1. The molecule has 0 radical (unpaired) electrons. The quantitative estimate of drug-likeness (QED) is 0.385. The van der Waals surface area contributed by atoms with Crippen molar-refractivity contribution in [2.45, 2.75) is 58.7 Å². The van der Waals surface area contributed by atoms with Crippen LogP contribution in [0, 0.1) is 5.92 Å². The molecule has 2 aliphatic heterocycles. The van der Waals surface area contributed by atoms with Crippen molar-refractivity contribution in [2.75, 3.05) is 45.9 Å². The predicted molar refractivity (Wildman–Crippen MR) is 103 cm³/mol. The molecule has 1 unspecified atom stereocenters. The number of amides is 1. The van der Waals surface area contributed by atoms with Gasteiger partial charge in [0, 0.05) is 38.7 Å². The molecule has 2 saturated heterocycles. The fourth-order valence-corrected chi connectivity index (χ4v) is 3.22. The lowest BCUT2D eigenvalue weighted by Gasteiger charge is -2.34. The molecule has 7 heteroatoms. The smallest absolute Gasteiger partial charge is 0.222 e. The minimum absolute atomic E-state index is 0.0147. The van der Waals surface area contributed by atoms with E-state index in [1.165, 1.54) is 0 Å². The Balaban J connectivity index is 1.70. The highest BCUT2D eigenvalue weighted by atomic mass is 16.5. The van der Waals surface area contributed by atoms with E-state index in [2.05, 4.69) is 27.4 Å². The van der Waals surface area contributed by atoms with Crippen molar-refractivity contribution in [1.82, 2.24) is 15.5 Å². The van der Waals surface area contributed by atoms with Crippen LogP contribution in [-0.4, -0.2) is 74.9 Å². The Bertz CT molecular complexity index is 442. The molecule has 26 heavy (non-hydrogen) atoms. The van der Waals surface area contributed by atoms with Crippen LogP contribution >= 0.6 is 0 Å². The second-order valence-corrected chi connectivity index (χ2v) is 7.34. The van der Waals surface area contributed by atoms with E-state index >= 15 is 0 Å². The van der Waals surface area contributed by atoms with Gasteiger partial charge in [0.15, 0.2) is 5.96 Å².